The van der Waals surface area contributed by atoms with E-state index in [1.54, 1.807) is 0 Å². The molecule has 2 rings (SSSR count). The molecule has 4 nitrogen and oxygen atoms in total. The summed E-state index contributed by atoms with van der Waals surface area (Å²) in [5.41, 5.74) is -0.769. The zero-order chi connectivity index (χ0) is 20.0. The molecule has 2 aromatic rings. The summed E-state index contributed by atoms with van der Waals surface area (Å²) < 4.78 is 65.9. The summed E-state index contributed by atoms with van der Waals surface area (Å²) in [6.07, 6.45) is -4.70. The maximum atomic E-state index is 13.8. The van der Waals surface area contributed by atoms with Crippen LogP contribution in [0.2, 0.25) is 0 Å². The van der Waals surface area contributed by atoms with E-state index in [1.807, 2.05) is 6.07 Å². The third-order valence-corrected chi connectivity index (χ3v) is 3.67. The molecule has 2 N–H and O–H groups in total. The highest BCUT2D eigenvalue weighted by molar-refractivity contribution is 5.79. The van der Waals surface area contributed by atoms with Crippen molar-refractivity contribution in [3.05, 3.63) is 70.3 Å². The van der Waals surface area contributed by atoms with Gasteiger partial charge in [0.25, 0.3) is 0 Å². The minimum absolute atomic E-state index is 0.0312. The van der Waals surface area contributed by atoms with E-state index in [1.165, 1.54) is 19.2 Å². The van der Waals surface area contributed by atoms with Gasteiger partial charge in [0.15, 0.2) is 5.96 Å². The van der Waals surface area contributed by atoms with Crippen molar-refractivity contribution < 1.29 is 22.0 Å². The predicted octanol–water partition coefficient (Wildman–Crippen LogP) is 3.72. The largest absolute Gasteiger partial charge is 0.416 e. The second kappa shape index (κ2) is 8.49. The van der Waals surface area contributed by atoms with E-state index in [9.17, 15) is 22.0 Å². The van der Waals surface area contributed by atoms with Crippen LogP contribution in [0.25, 0.3) is 0 Å². The van der Waals surface area contributed by atoms with E-state index in [4.69, 9.17) is 5.26 Å². The van der Waals surface area contributed by atoms with Crippen LogP contribution in [-0.2, 0) is 19.3 Å². The Hall–Kier alpha value is -3.15. The lowest BCUT2D eigenvalue weighted by Gasteiger charge is -2.16. The molecule has 0 amide bonds. The first-order valence-electron chi connectivity index (χ1n) is 7.73. The standard InChI is InChI=1S/C18H15F5N4/c1-25-17(27-10-13-6-11(8-24)2-5-16(13)20)26-9-12-3-4-14(19)7-15(12)18(21,22)23/h2-7H,9-10H2,1H3,(H2,25,26,27). The molecule has 0 saturated heterocycles. The van der Waals surface area contributed by atoms with Crippen LogP contribution in [-0.4, -0.2) is 13.0 Å². The molecule has 0 atom stereocenters. The number of aliphatic imine (C=N–C) groups is 1. The van der Waals surface area contributed by atoms with Crippen molar-refractivity contribution in [2.45, 2.75) is 19.3 Å². The SMILES string of the molecule is CN=C(NCc1cc(C#N)ccc1F)NCc1ccc(F)cc1C(F)(F)F. The first-order valence-corrected chi connectivity index (χ1v) is 7.73. The highest BCUT2D eigenvalue weighted by atomic mass is 19.4. The smallest absolute Gasteiger partial charge is 0.352 e. The Bertz CT molecular complexity index is 884. The Labute approximate surface area is 152 Å². The molecule has 0 bridgehead atoms. The summed E-state index contributed by atoms with van der Waals surface area (Å²) in [7, 11) is 1.40. The lowest BCUT2D eigenvalue weighted by Crippen LogP contribution is -2.37. The van der Waals surface area contributed by atoms with E-state index in [2.05, 4.69) is 15.6 Å². The van der Waals surface area contributed by atoms with Crippen molar-refractivity contribution >= 4 is 5.96 Å². The summed E-state index contributed by atoms with van der Waals surface area (Å²) >= 11 is 0. The summed E-state index contributed by atoms with van der Waals surface area (Å²) in [6, 6.07) is 8.13. The third kappa shape index (κ3) is 5.41. The van der Waals surface area contributed by atoms with Gasteiger partial charge in [0.1, 0.15) is 11.6 Å². The van der Waals surface area contributed by atoms with Crippen LogP contribution in [0.5, 0.6) is 0 Å². The second-order valence-electron chi connectivity index (χ2n) is 5.50. The van der Waals surface area contributed by atoms with Crippen LogP contribution >= 0.6 is 0 Å². The number of nitrogens with one attached hydrogen (secondary N) is 2. The van der Waals surface area contributed by atoms with Gasteiger partial charge >= 0.3 is 6.18 Å². The van der Waals surface area contributed by atoms with E-state index in [-0.39, 0.29) is 35.7 Å². The first kappa shape index (κ1) is 20.2. The lowest BCUT2D eigenvalue weighted by atomic mass is 10.1. The average Bonchev–Trinajstić information content (AvgIpc) is 2.63. The summed E-state index contributed by atoms with van der Waals surface area (Å²) in [5.74, 6) is -1.40. The molecule has 0 unspecified atom stereocenters. The van der Waals surface area contributed by atoms with Crippen molar-refractivity contribution in [2.24, 2.45) is 4.99 Å². The van der Waals surface area contributed by atoms with Crippen molar-refractivity contribution in [2.75, 3.05) is 7.05 Å². The minimum atomic E-state index is -4.70. The molecule has 9 heteroatoms. The molecule has 0 aliphatic heterocycles. The molecule has 2 aromatic carbocycles. The molecule has 0 spiro atoms. The molecule has 0 aliphatic carbocycles. The molecule has 0 radical (unpaired) electrons. The summed E-state index contributed by atoms with van der Waals surface area (Å²) in [5, 5.41) is 14.3. The topological polar surface area (TPSA) is 60.2 Å². The second-order valence-corrected chi connectivity index (χ2v) is 5.50. The van der Waals surface area contributed by atoms with E-state index >= 15 is 0 Å². The molecule has 0 aliphatic rings. The lowest BCUT2D eigenvalue weighted by molar-refractivity contribution is -0.138. The fourth-order valence-corrected chi connectivity index (χ4v) is 2.32. The number of nitrogens with zero attached hydrogens (tertiary/aromatic N) is 2. The van der Waals surface area contributed by atoms with Gasteiger partial charge in [-0.1, -0.05) is 6.07 Å². The van der Waals surface area contributed by atoms with Gasteiger partial charge in [-0.05, 0) is 35.9 Å². The number of benzene rings is 2. The molecule has 0 heterocycles. The molecule has 0 saturated carbocycles. The average molecular weight is 382 g/mol. The Kier molecular flexibility index (Phi) is 6.34. The highest BCUT2D eigenvalue weighted by Crippen LogP contribution is 2.32. The summed E-state index contributed by atoms with van der Waals surface area (Å²) in [6.45, 7) is -0.300. The van der Waals surface area contributed by atoms with E-state index in [0.29, 0.717) is 6.07 Å². The van der Waals surface area contributed by atoms with Gasteiger partial charge in [0, 0.05) is 25.7 Å². The van der Waals surface area contributed by atoms with Crippen LogP contribution in [0.1, 0.15) is 22.3 Å². The number of rotatable bonds is 4. The molecule has 0 aromatic heterocycles. The first-order chi connectivity index (χ1) is 12.7. The number of hydrogen-bond donors (Lipinski definition) is 2. The number of nitriles is 1. The van der Waals surface area contributed by atoms with Gasteiger partial charge < -0.3 is 10.6 Å². The fourth-order valence-electron chi connectivity index (χ4n) is 2.32. The Balaban J connectivity index is 2.06. The summed E-state index contributed by atoms with van der Waals surface area (Å²) in [4.78, 5) is 3.85. The maximum absolute atomic E-state index is 13.8. The van der Waals surface area contributed by atoms with Crippen LogP contribution in [0, 0.1) is 23.0 Å². The normalized spacial score (nSPS) is 11.8. The third-order valence-electron chi connectivity index (χ3n) is 3.67. The molecule has 142 valence electrons. The predicted molar refractivity (Wildman–Crippen MR) is 89.6 cm³/mol. The van der Waals surface area contributed by atoms with Crippen molar-refractivity contribution in [1.82, 2.24) is 10.6 Å². The van der Waals surface area contributed by atoms with Crippen LogP contribution in [0.3, 0.4) is 0 Å². The Morgan fingerprint density at radius 2 is 1.70 bits per heavy atom. The Morgan fingerprint density at radius 3 is 2.30 bits per heavy atom. The molecule has 27 heavy (non-hydrogen) atoms. The van der Waals surface area contributed by atoms with E-state index < -0.39 is 23.4 Å². The Morgan fingerprint density at radius 1 is 1.04 bits per heavy atom. The van der Waals surface area contributed by atoms with Gasteiger partial charge in [-0.15, -0.1) is 0 Å². The quantitative estimate of drug-likeness (QED) is 0.481. The monoisotopic (exact) mass is 382 g/mol. The number of alkyl halides is 3. The zero-order valence-corrected chi connectivity index (χ0v) is 14.2. The minimum Gasteiger partial charge on any atom is -0.352 e. The highest BCUT2D eigenvalue weighted by Gasteiger charge is 2.33. The van der Waals surface area contributed by atoms with Gasteiger partial charge in [0.2, 0.25) is 0 Å². The van der Waals surface area contributed by atoms with Crippen LogP contribution in [0.15, 0.2) is 41.4 Å². The molecular weight excluding hydrogens is 367 g/mol. The van der Waals surface area contributed by atoms with Gasteiger partial charge in [-0.2, -0.15) is 18.4 Å². The molecular formula is C18H15F5N4. The van der Waals surface area contributed by atoms with E-state index in [0.717, 1.165) is 18.2 Å². The van der Waals surface area contributed by atoms with Crippen LogP contribution < -0.4 is 10.6 Å². The van der Waals surface area contributed by atoms with Crippen molar-refractivity contribution in [3.8, 4) is 6.07 Å². The number of halogens is 5. The van der Waals surface area contributed by atoms with Crippen LogP contribution in [0.4, 0.5) is 22.0 Å². The van der Waals surface area contributed by atoms with Gasteiger partial charge in [-0.3, -0.25) is 4.99 Å². The van der Waals surface area contributed by atoms with Gasteiger partial charge in [-0.25, -0.2) is 8.78 Å². The zero-order valence-electron chi connectivity index (χ0n) is 14.2. The molecule has 0 fully saturated rings. The number of guanidine groups is 1. The van der Waals surface area contributed by atoms with Crippen molar-refractivity contribution in [3.63, 3.8) is 0 Å². The number of hydrogen-bond acceptors (Lipinski definition) is 2. The van der Waals surface area contributed by atoms with Crippen molar-refractivity contribution in [1.29, 1.82) is 5.26 Å². The van der Waals surface area contributed by atoms with Gasteiger partial charge in [0.05, 0.1) is 17.2 Å². The maximum Gasteiger partial charge on any atom is 0.416 e. The fraction of sp³-hybridized carbons (Fsp3) is 0.222.